The standard InChI is InChI=1S/C15H15N3S/c1-4-8-19-15-17-16-13-9-11(3)12-7-5-6-10(2)14(12)18(13)15/h4-7,9H,1,8H2,2-3H3. The van der Waals surface area contributed by atoms with E-state index in [2.05, 4.69) is 59.3 Å². The average molecular weight is 269 g/mol. The third-order valence-corrected chi connectivity index (χ3v) is 4.15. The van der Waals surface area contributed by atoms with Gasteiger partial charge in [-0.25, -0.2) is 0 Å². The minimum atomic E-state index is 0.835. The van der Waals surface area contributed by atoms with Crippen molar-refractivity contribution >= 4 is 28.3 Å². The molecule has 0 amide bonds. The van der Waals surface area contributed by atoms with E-state index in [4.69, 9.17) is 0 Å². The molecule has 0 fully saturated rings. The quantitative estimate of drug-likeness (QED) is 0.535. The van der Waals surface area contributed by atoms with Crippen LogP contribution in [0.3, 0.4) is 0 Å². The fourth-order valence-electron chi connectivity index (χ4n) is 2.36. The lowest BCUT2D eigenvalue weighted by Gasteiger charge is -2.09. The second kappa shape index (κ2) is 4.70. The van der Waals surface area contributed by atoms with Crippen LogP contribution < -0.4 is 0 Å². The molecule has 3 aromatic rings. The highest BCUT2D eigenvalue weighted by molar-refractivity contribution is 7.99. The smallest absolute Gasteiger partial charge is 0.196 e. The van der Waals surface area contributed by atoms with E-state index in [-0.39, 0.29) is 0 Å². The molecular formula is C15H15N3S. The summed E-state index contributed by atoms with van der Waals surface area (Å²) in [5, 5.41) is 10.8. The first-order valence-electron chi connectivity index (χ1n) is 6.20. The number of benzene rings is 1. The monoisotopic (exact) mass is 269 g/mol. The number of hydrogen-bond acceptors (Lipinski definition) is 3. The predicted octanol–water partition coefficient (Wildman–Crippen LogP) is 3.78. The van der Waals surface area contributed by atoms with E-state index in [9.17, 15) is 0 Å². The maximum absolute atomic E-state index is 4.29. The highest BCUT2D eigenvalue weighted by atomic mass is 32.2. The Hall–Kier alpha value is -1.81. The molecule has 0 saturated carbocycles. The second-order valence-corrected chi connectivity index (χ2v) is 5.56. The molecular weight excluding hydrogens is 254 g/mol. The van der Waals surface area contributed by atoms with Crippen molar-refractivity contribution in [3.05, 3.63) is 48.0 Å². The summed E-state index contributed by atoms with van der Waals surface area (Å²) >= 11 is 1.66. The summed E-state index contributed by atoms with van der Waals surface area (Å²) in [6.07, 6.45) is 1.88. The van der Waals surface area contributed by atoms with Crippen molar-refractivity contribution in [2.24, 2.45) is 0 Å². The highest BCUT2D eigenvalue weighted by Crippen LogP contribution is 2.27. The van der Waals surface area contributed by atoms with Crippen molar-refractivity contribution in [3.63, 3.8) is 0 Å². The van der Waals surface area contributed by atoms with Gasteiger partial charge in [0.2, 0.25) is 0 Å². The molecule has 3 rings (SSSR count). The van der Waals surface area contributed by atoms with Gasteiger partial charge in [-0.1, -0.05) is 36.0 Å². The van der Waals surface area contributed by atoms with E-state index in [0.29, 0.717) is 0 Å². The number of rotatable bonds is 3. The van der Waals surface area contributed by atoms with Crippen molar-refractivity contribution in [1.29, 1.82) is 0 Å². The predicted molar refractivity (Wildman–Crippen MR) is 80.9 cm³/mol. The Morgan fingerprint density at radius 3 is 2.89 bits per heavy atom. The first kappa shape index (κ1) is 12.2. The van der Waals surface area contributed by atoms with Gasteiger partial charge in [0, 0.05) is 11.1 Å². The van der Waals surface area contributed by atoms with Crippen molar-refractivity contribution in [3.8, 4) is 0 Å². The molecule has 3 nitrogen and oxygen atoms in total. The average Bonchev–Trinajstić information content (AvgIpc) is 2.79. The molecule has 2 aromatic heterocycles. The number of para-hydroxylation sites is 1. The van der Waals surface area contributed by atoms with Crippen LogP contribution >= 0.6 is 11.8 Å². The van der Waals surface area contributed by atoms with E-state index in [0.717, 1.165) is 16.6 Å². The Labute approximate surface area is 116 Å². The van der Waals surface area contributed by atoms with Gasteiger partial charge in [0.15, 0.2) is 10.8 Å². The van der Waals surface area contributed by atoms with Crippen LogP contribution in [0.15, 0.2) is 42.1 Å². The molecule has 1 aromatic carbocycles. The number of nitrogens with zero attached hydrogens (tertiary/aromatic N) is 3. The van der Waals surface area contributed by atoms with E-state index >= 15 is 0 Å². The summed E-state index contributed by atoms with van der Waals surface area (Å²) in [6.45, 7) is 8.00. The zero-order valence-electron chi connectivity index (χ0n) is 11.1. The summed E-state index contributed by atoms with van der Waals surface area (Å²) in [7, 11) is 0. The minimum Gasteiger partial charge on any atom is -0.270 e. The number of pyridine rings is 1. The first-order chi connectivity index (χ1) is 9.22. The van der Waals surface area contributed by atoms with E-state index < -0.39 is 0 Å². The molecule has 0 saturated heterocycles. The molecule has 0 spiro atoms. The molecule has 0 atom stereocenters. The van der Waals surface area contributed by atoms with Gasteiger partial charge in [0.25, 0.3) is 0 Å². The zero-order valence-corrected chi connectivity index (χ0v) is 11.9. The molecule has 0 bridgehead atoms. The Morgan fingerprint density at radius 1 is 1.26 bits per heavy atom. The zero-order chi connectivity index (χ0) is 13.4. The maximum atomic E-state index is 4.29. The lowest BCUT2D eigenvalue weighted by atomic mass is 10.1. The fraction of sp³-hybridized carbons (Fsp3) is 0.200. The van der Waals surface area contributed by atoms with E-state index in [1.54, 1.807) is 11.8 Å². The molecule has 0 unspecified atom stereocenters. The van der Waals surface area contributed by atoms with Crippen LogP contribution in [-0.4, -0.2) is 20.4 Å². The van der Waals surface area contributed by atoms with Crippen molar-refractivity contribution in [1.82, 2.24) is 14.6 Å². The van der Waals surface area contributed by atoms with Crippen LogP contribution in [0.5, 0.6) is 0 Å². The van der Waals surface area contributed by atoms with Gasteiger partial charge in [-0.05, 0) is 31.0 Å². The number of aromatic nitrogens is 3. The maximum Gasteiger partial charge on any atom is 0.196 e. The lowest BCUT2D eigenvalue weighted by molar-refractivity contribution is 0.940. The van der Waals surface area contributed by atoms with Gasteiger partial charge in [-0.2, -0.15) is 0 Å². The van der Waals surface area contributed by atoms with Crippen molar-refractivity contribution < 1.29 is 0 Å². The Morgan fingerprint density at radius 2 is 2.11 bits per heavy atom. The minimum absolute atomic E-state index is 0.835. The van der Waals surface area contributed by atoms with Gasteiger partial charge in [-0.3, -0.25) is 4.40 Å². The summed E-state index contributed by atoms with van der Waals surface area (Å²) in [4.78, 5) is 0. The number of aryl methyl sites for hydroxylation is 2. The van der Waals surface area contributed by atoms with Crippen LogP contribution in [-0.2, 0) is 0 Å². The van der Waals surface area contributed by atoms with Crippen LogP contribution in [0.4, 0.5) is 0 Å². The molecule has 4 heteroatoms. The summed E-state index contributed by atoms with van der Waals surface area (Å²) in [5.41, 5.74) is 4.59. The Kier molecular flexibility index (Phi) is 3.03. The summed E-state index contributed by atoms with van der Waals surface area (Å²) < 4.78 is 2.14. The Balaban J connectivity index is 2.41. The van der Waals surface area contributed by atoms with Gasteiger partial charge >= 0.3 is 0 Å². The second-order valence-electron chi connectivity index (χ2n) is 4.57. The molecule has 0 aliphatic heterocycles. The van der Waals surface area contributed by atoms with Gasteiger partial charge in [-0.15, -0.1) is 16.8 Å². The van der Waals surface area contributed by atoms with E-state index in [1.807, 2.05) is 6.08 Å². The van der Waals surface area contributed by atoms with Gasteiger partial charge in [0.1, 0.15) is 0 Å². The van der Waals surface area contributed by atoms with Gasteiger partial charge < -0.3 is 0 Å². The van der Waals surface area contributed by atoms with Crippen LogP contribution in [0.2, 0.25) is 0 Å². The number of fused-ring (bicyclic) bond motifs is 3. The molecule has 0 aliphatic rings. The topological polar surface area (TPSA) is 30.2 Å². The molecule has 2 heterocycles. The molecule has 0 aliphatic carbocycles. The third-order valence-electron chi connectivity index (χ3n) is 3.22. The van der Waals surface area contributed by atoms with Crippen LogP contribution in [0.25, 0.3) is 16.6 Å². The molecule has 96 valence electrons. The largest absolute Gasteiger partial charge is 0.270 e. The molecule has 0 radical (unpaired) electrons. The summed E-state index contributed by atoms with van der Waals surface area (Å²) in [6, 6.07) is 8.46. The third kappa shape index (κ3) is 1.92. The van der Waals surface area contributed by atoms with Crippen molar-refractivity contribution in [2.75, 3.05) is 5.75 Å². The highest BCUT2D eigenvalue weighted by Gasteiger charge is 2.12. The summed E-state index contributed by atoms with van der Waals surface area (Å²) in [5.74, 6) is 0.835. The van der Waals surface area contributed by atoms with Crippen LogP contribution in [0, 0.1) is 13.8 Å². The number of hydrogen-bond donors (Lipinski definition) is 0. The van der Waals surface area contributed by atoms with Crippen LogP contribution in [0.1, 0.15) is 11.1 Å². The number of thioether (sulfide) groups is 1. The van der Waals surface area contributed by atoms with Crippen molar-refractivity contribution in [2.45, 2.75) is 19.0 Å². The molecule has 0 N–H and O–H groups in total. The normalized spacial score (nSPS) is 11.3. The fourth-order valence-corrected chi connectivity index (χ4v) is 3.04. The first-order valence-corrected chi connectivity index (χ1v) is 7.18. The SMILES string of the molecule is C=CCSc1nnc2cc(C)c3cccc(C)c3n12. The Bertz CT molecular complexity index is 774. The molecule has 19 heavy (non-hydrogen) atoms. The lowest BCUT2D eigenvalue weighted by Crippen LogP contribution is -1.95. The van der Waals surface area contributed by atoms with E-state index in [1.165, 1.54) is 22.0 Å². The van der Waals surface area contributed by atoms with Gasteiger partial charge in [0.05, 0.1) is 5.52 Å².